The van der Waals surface area contributed by atoms with Gasteiger partial charge in [0.15, 0.2) is 0 Å². The number of hydrogen-bond donors (Lipinski definition) is 3. The van der Waals surface area contributed by atoms with Crippen LogP contribution in [0.2, 0.25) is 0 Å². The van der Waals surface area contributed by atoms with Gasteiger partial charge in [0.25, 0.3) is 11.8 Å². The Morgan fingerprint density at radius 1 is 1.15 bits per heavy atom. The van der Waals surface area contributed by atoms with Gasteiger partial charge in [-0.1, -0.05) is 27.7 Å². The van der Waals surface area contributed by atoms with E-state index in [9.17, 15) is 9.59 Å². The maximum atomic E-state index is 13.3. The number of aryl methyl sites for hydroxylation is 1. The number of carbonyl (C=O) groups excluding carboxylic acids is 2. The summed E-state index contributed by atoms with van der Waals surface area (Å²) >= 11 is 2.79. The molecular weight excluding hydrogens is 464 g/mol. The molecule has 2 unspecified atom stereocenters. The van der Waals surface area contributed by atoms with Crippen molar-refractivity contribution < 1.29 is 9.59 Å². The number of nitrogens with zero attached hydrogens (tertiary/aromatic N) is 1. The number of nitrogen functional groups attached to an aromatic ring is 1. The Hall–Kier alpha value is -2.45. The van der Waals surface area contributed by atoms with E-state index >= 15 is 0 Å². The second-order valence-electron chi connectivity index (χ2n) is 11.0. The van der Waals surface area contributed by atoms with Gasteiger partial charge in [-0.2, -0.15) is 0 Å². The first-order valence-corrected chi connectivity index (χ1v) is 13.6. The number of aromatic nitrogens is 1. The predicted molar refractivity (Wildman–Crippen MR) is 141 cm³/mol. The summed E-state index contributed by atoms with van der Waals surface area (Å²) in [5.74, 6) is 0.361. The third-order valence-corrected chi connectivity index (χ3v) is 9.79. The van der Waals surface area contributed by atoms with Gasteiger partial charge < -0.3 is 16.8 Å². The third-order valence-electron chi connectivity index (χ3n) is 7.50. The summed E-state index contributed by atoms with van der Waals surface area (Å²) < 4.78 is 0. The molecule has 2 aliphatic carbocycles. The summed E-state index contributed by atoms with van der Waals surface area (Å²) in [4.78, 5) is 32.8. The molecule has 34 heavy (non-hydrogen) atoms. The SMILES string of the molecule is CC1CCc2c(sc(NC(=O)c3sc4nc5c(cc4c3N)CC(C(C)(C)C)CC5)c2C(N)=O)C1. The maximum Gasteiger partial charge on any atom is 0.268 e. The Morgan fingerprint density at radius 2 is 1.91 bits per heavy atom. The van der Waals surface area contributed by atoms with Crippen LogP contribution in [0.25, 0.3) is 10.2 Å². The van der Waals surface area contributed by atoms with Crippen molar-refractivity contribution in [3.63, 3.8) is 0 Å². The van der Waals surface area contributed by atoms with Gasteiger partial charge in [0.1, 0.15) is 14.7 Å². The van der Waals surface area contributed by atoms with E-state index < -0.39 is 5.91 Å². The minimum atomic E-state index is -0.491. The number of pyridine rings is 1. The molecule has 2 amide bonds. The van der Waals surface area contributed by atoms with E-state index in [0.717, 1.165) is 64.9 Å². The van der Waals surface area contributed by atoms with Gasteiger partial charge in [0.2, 0.25) is 0 Å². The smallest absolute Gasteiger partial charge is 0.268 e. The van der Waals surface area contributed by atoms with Gasteiger partial charge in [-0.15, -0.1) is 22.7 Å². The number of fused-ring (bicyclic) bond motifs is 3. The molecule has 6 nitrogen and oxygen atoms in total. The third kappa shape index (κ3) is 4.01. The zero-order valence-electron chi connectivity index (χ0n) is 20.2. The molecular formula is C26H32N4O2S2. The topological polar surface area (TPSA) is 111 Å². The quantitative estimate of drug-likeness (QED) is 0.440. The molecule has 3 aromatic rings. The highest BCUT2D eigenvalue weighted by atomic mass is 32.1. The minimum Gasteiger partial charge on any atom is -0.397 e. The molecule has 0 aliphatic heterocycles. The lowest BCUT2D eigenvalue weighted by atomic mass is 9.71. The van der Waals surface area contributed by atoms with Gasteiger partial charge in [0, 0.05) is 16.0 Å². The number of primary amides is 1. The zero-order valence-corrected chi connectivity index (χ0v) is 21.8. The fraction of sp³-hybridized carbons (Fsp3) is 0.500. The molecule has 5 rings (SSSR count). The van der Waals surface area contributed by atoms with Crippen molar-refractivity contribution in [1.82, 2.24) is 4.98 Å². The Bertz CT molecular complexity index is 1310. The van der Waals surface area contributed by atoms with E-state index in [1.54, 1.807) is 0 Å². The van der Waals surface area contributed by atoms with Gasteiger partial charge in [-0.25, -0.2) is 4.98 Å². The molecule has 2 atom stereocenters. The number of thiophene rings is 2. The molecule has 0 saturated carbocycles. The van der Waals surface area contributed by atoms with Gasteiger partial charge in [-0.3, -0.25) is 9.59 Å². The van der Waals surface area contributed by atoms with Crippen LogP contribution in [0, 0.1) is 17.3 Å². The first kappa shape index (κ1) is 23.3. The molecule has 0 saturated heterocycles. The van der Waals surface area contributed by atoms with Gasteiger partial charge >= 0.3 is 0 Å². The van der Waals surface area contributed by atoms with Crippen LogP contribution < -0.4 is 16.8 Å². The van der Waals surface area contributed by atoms with Crippen LogP contribution in [0.3, 0.4) is 0 Å². The van der Waals surface area contributed by atoms with Crippen molar-refractivity contribution in [2.75, 3.05) is 11.1 Å². The van der Waals surface area contributed by atoms with Crippen LogP contribution in [0.5, 0.6) is 0 Å². The fourth-order valence-electron chi connectivity index (χ4n) is 5.36. The summed E-state index contributed by atoms with van der Waals surface area (Å²) in [6.45, 7) is 9.08. The van der Waals surface area contributed by atoms with Crippen molar-refractivity contribution in [2.45, 2.75) is 66.2 Å². The summed E-state index contributed by atoms with van der Waals surface area (Å²) in [5.41, 5.74) is 16.7. The van der Waals surface area contributed by atoms with E-state index in [2.05, 4.69) is 39.1 Å². The molecule has 0 fully saturated rings. The molecule has 3 heterocycles. The van der Waals surface area contributed by atoms with Crippen LogP contribution in [0.15, 0.2) is 6.07 Å². The molecule has 0 bridgehead atoms. The maximum absolute atomic E-state index is 13.3. The number of anilines is 2. The Balaban J connectivity index is 1.47. The first-order valence-electron chi connectivity index (χ1n) is 12.0. The van der Waals surface area contributed by atoms with E-state index in [0.29, 0.717) is 33.0 Å². The number of nitrogens with two attached hydrogens (primary N) is 2. The average Bonchev–Trinajstić information content (AvgIpc) is 3.27. The molecule has 3 aromatic heterocycles. The molecule has 2 aliphatic rings. The number of amides is 2. The largest absolute Gasteiger partial charge is 0.397 e. The number of carbonyl (C=O) groups is 2. The molecule has 5 N–H and O–H groups in total. The number of hydrogen-bond acceptors (Lipinski definition) is 6. The van der Waals surface area contributed by atoms with E-state index in [4.69, 9.17) is 16.5 Å². The summed E-state index contributed by atoms with van der Waals surface area (Å²) in [5, 5.41) is 4.34. The van der Waals surface area contributed by atoms with Gasteiger partial charge in [-0.05, 0) is 73.0 Å². The van der Waals surface area contributed by atoms with Crippen LogP contribution >= 0.6 is 22.7 Å². The number of nitrogens with one attached hydrogen (secondary N) is 1. The average molecular weight is 497 g/mol. The van der Waals surface area contributed by atoms with Crippen LogP contribution in [-0.2, 0) is 25.7 Å². The summed E-state index contributed by atoms with van der Waals surface area (Å²) in [6, 6.07) is 2.14. The van der Waals surface area contributed by atoms with E-state index in [1.165, 1.54) is 28.2 Å². The number of rotatable bonds is 3. The standard InChI is InChI=1S/C26H32N4O2S2/c1-12-5-7-15-18(9-12)33-25(19(15)22(28)31)30-23(32)21-20(27)16-11-13-10-14(26(2,3)4)6-8-17(13)29-24(16)34-21/h11-12,14H,5-10,27H2,1-4H3,(H2,28,31)(H,30,32). The van der Waals surface area contributed by atoms with Gasteiger partial charge in [0.05, 0.1) is 11.3 Å². The lowest BCUT2D eigenvalue weighted by Crippen LogP contribution is -2.27. The van der Waals surface area contributed by atoms with Crippen molar-refractivity contribution in [2.24, 2.45) is 23.0 Å². The summed E-state index contributed by atoms with van der Waals surface area (Å²) in [6.07, 6.45) is 5.81. The molecule has 180 valence electrons. The van der Waals surface area contributed by atoms with Crippen LogP contribution in [0.4, 0.5) is 10.7 Å². The second-order valence-corrected chi connectivity index (χ2v) is 13.1. The summed E-state index contributed by atoms with van der Waals surface area (Å²) in [7, 11) is 0. The van der Waals surface area contributed by atoms with Crippen molar-refractivity contribution in [3.05, 3.63) is 38.2 Å². The van der Waals surface area contributed by atoms with Crippen molar-refractivity contribution in [1.29, 1.82) is 0 Å². The monoisotopic (exact) mass is 496 g/mol. The highest BCUT2D eigenvalue weighted by molar-refractivity contribution is 7.21. The lowest BCUT2D eigenvalue weighted by Gasteiger charge is -2.34. The minimum absolute atomic E-state index is 0.244. The normalized spacial score (nSPS) is 20.1. The molecule has 8 heteroatoms. The lowest BCUT2D eigenvalue weighted by molar-refractivity contribution is 0.1000. The Morgan fingerprint density at radius 3 is 2.62 bits per heavy atom. The Labute approximate surface area is 208 Å². The molecule has 0 spiro atoms. The van der Waals surface area contributed by atoms with Crippen LogP contribution in [0.1, 0.15) is 82.3 Å². The van der Waals surface area contributed by atoms with Crippen molar-refractivity contribution in [3.8, 4) is 0 Å². The highest BCUT2D eigenvalue weighted by Crippen LogP contribution is 2.42. The second kappa shape index (κ2) is 8.34. The fourth-order valence-corrected chi connectivity index (χ4v) is 7.76. The molecule has 0 radical (unpaired) electrons. The first-order chi connectivity index (χ1) is 16.0. The van der Waals surface area contributed by atoms with Crippen LogP contribution in [-0.4, -0.2) is 16.8 Å². The highest BCUT2D eigenvalue weighted by Gasteiger charge is 2.31. The zero-order chi connectivity index (χ0) is 24.4. The van der Waals surface area contributed by atoms with Crippen molar-refractivity contribution >= 4 is 55.4 Å². The Kier molecular flexibility index (Phi) is 5.72. The molecule has 0 aromatic carbocycles. The van der Waals surface area contributed by atoms with E-state index in [-0.39, 0.29) is 11.3 Å². The van der Waals surface area contributed by atoms with E-state index in [1.807, 2.05) is 0 Å². The predicted octanol–water partition coefficient (Wildman–Crippen LogP) is 5.57.